The second-order valence-corrected chi connectivity index (χ2v) is 8.35. The van der Waals surface area contributed by atoms with Crippen molar-refractivity contribution >= 4 is 11.7 Å². The highest BCUT2D eigenvalue weighted by Crippen LogP contribution is 2.25. The van der Waals surface area contributed by atoms with Crippen molar-refractivity contribution in [3.63, 3.8) is 0 Å². The molecule has 3 heterocycles. The number of rotatable bonds is 7. The maximum Gasteiger partial charge on any atom is 0.222 e. The van der Waals surface area contributed by atoms with Gasteiger partial charge in [-0.3, -0.25) is 14.8 Å². The summed E-state index contributed by atoms with van der Waals surface area (Å²) in [4.78, 5) is 32.0. The molecule has 1 saturated heterocycles. The van der Waals surface area contributed by atoms with E-state index < -0.39 is 0 Å². The Morgan fingerprint density at radius 1 is 1.22 bits per heavy atom. The van der Waals surface area contributed by atoms with Crippen molar-refractivity contribution in [2.45, 2.75) is 38.5 Å². The number of nitrogens with zero attached hydrogens (tertiary/aromatic N) is 5. The molecule has 1 unspecified atom stereocenters. The molecule has 1 amide bonds. The fourth-order valence-electron chi connectivity index (χ4n) is 4.09. The highest BCUT2D eigenvalue weighted by molar-refractivity contribution is 5.77. The zero-order chi connectivity index (χ0) is 22.5. The third kappa shape index (κ3) is 5.43. The van der Waals surface area contributed by atoms with Crippen LogP contribution >= 0.6 is 0 Å². The van der Waals surface area contributed by atoms with E-state index in [0.29, 0.717) is 25.2 Å². The molecule has 1 fully saturated rings. The zero-order valence-electron chi connectivity index (χ0n) is 18.1. The monoisotopic (exact) mass is 434 g/mol. The predicted octanol–water partition coefficient (Wildman–Crippen LogP) is 3.04. The number of hydrogen-bond donors (Lipinski definition) is 1. The number of halogens is 1. The lowest BCUT2D eigenvalue weighted by atomic mass is 9.97. The van der Waals surface area contributed by atoms with Crippen LogP contribution in [0, 0.1) is 11.7 Å². The van der Waals surface area contributed by atoms with Gasteiger partial charge in [0.25, 0.3) is 0 Å². The molecule has 7 nitrogen and oxygen atoms in total. The second kappa shape index (κ2) is 9.80. The average Bonchev–Trinajstić information content (AvgIpc) is 2.80. The van der Waals surface area contributed by atoms with Crippen LogP contribution in [0.25, 0.3) is 0 Å². The Morgan fingerprint density at radius 3 is 2.75 bits per heavy atom. The van der Waals surface area contributed by atoms with E-state index in [1.807, 2.05) is 6.07 Å². The molecule has 0 bridgehead atoms. The van der Waals surface area contributed by atoms with Gasteiger partial charge in [0.05, 0.1) is 17.3 Å². The number of primary amides is 1. The molecule has 166 valence electrons. The average molecular weight is 435 g/mol. The van der Waals surface area contributed by atoms with Gasteiger partial charge in [0, 0.05) is 50.6 Å². The van der Waals surface area contributed by atoms with Crippen molar-refractivity contribution < 1.29 is 9.18 Å². The molecule has 0 radical (unpaired) electrons. The summed E-state index contributed by atoms with van der Waals surface area (Å²) in [5, 5.41) is 0. The highest BCUT2D eigenvalue weighted by atomic mass is 19.1. The van der Waals surface area contributed by atoms with Crippen molar-refractivity contribution in [3.8, 4) is 0 Å². The van der Waals surface area contributed by atoms with Crippen LogP contribution in [0.5, 0.6) is 0 Å². The van der Waals surface area contributed by atoms with Gasteiger partial charge in [0.2, 0.25) is 5.91 Å². The van der Waals surface area contributed by atoms with Gasteiger partial charge in [-0.05, 0) is 36.5 Å². The lowest BCUT2D eigenvalue weighted by molar-refractivity contribution is -0.122. The Kier molecular flexibility index (Phi) is 6.68. The number of hydrogen-bond acceptors (Lipinski definition) is 6. The van der Waals surface area contributed by atoms with Crippen LogP contribution in [0.2, 0.25) is 0 Å². The van der Waals surface area contributed by atoms with E-state index >= 15 is 0 Å². The number of amides is 1. The maximum absolute atomic E-state index is 13.3. The number of carbonyl (C=O) groups is 1. The third-order valence-electron chi connectivity index (χ3n) is 5.87. The Morgan fingerprint density at radius 2 is 2.03 bits per heavy atom. The van der Waals surface area contributed by atoms with Gasteiger partial charge >= 0.3 is 0 Å². The number of nitrogens with two attached hydrogens (primary N) is 1. The smallest absolute Gasteiger partial charge is 0.222 e. The zero-order valence-corrected chi connectivity index (χ0v) is 18.1. The molecule has 4 rings (SSSR count). The van der Waals surface area contributed by atoms with E-state index in [0.717, 1.165) is 42.2 Å². The predicted molar refractivity (Wildman–Crippen MR) is 120 cm³/mol. The number of anilines is 1. The topological polar surface area (TPSA) is 97.9 Å². The lowest BCUT2D eigenvalue weighted by Crippen LogP contribution is -2.41. The fourth-order valence-corrected chi connectivity index (χ4v) is 4.09. The normalized spacial score (nSPS) is 17.2. The first kappa shape index (κ1) is 21.8. The molecule has 3 aromatic rings. The van der Waals surface area contributed by atoms with Crippen molar-refractivity contribution in [1.29, 1.82) is 0 Å². The maximum atomic E-state index is 13.3. The molecule has 2 aromatic heterocycles. The summed E-state index contributed by atoms with van der Waals surface area (Å²) in [5.74, 6) is 0.928. The van der Waals surface area contributed by atoms with Crippen LogP contribution in [0.4, 0.5) is 10.2 Å². The molecule has 1 aliphatic rings. The van der Waals surface area contributed by atoms with Gasteiger partial charge in [-0.25, -0.2) is 14.4 Å². The van der Waals surface area contributed by atoms with E-state index in [4.69, 9.17) is 15.7 Å². The Balaban J connectivity index is 1.62. The van der Waals surface area contributed by atoms with Crippen LogP contribution < -0.4 is 10.6 Å². The molecule has 2 atom stereocenters. The van der Waals surface area contributed by atoms with Gasteiger partial charge in [0.15, 0.2) is 0 Å². The van der Waals surface area contributed by atoms with Crippen molar-refractivity contribution in [2.75, 3.05) is 18.0 Å². The van der Waals surface area contributed by atoms with Crippen LogP contribution in [0.1, 0.15) is 48.5 Å². The Bertz CT molecular complexity index is 1060. The first-order valence-corrected chi connectivity index (χ1v) is 10.9. The number of aromatic nitrogens is 4. The second-order valence-electron chi connectivity index (χ2n) is 8.35. The fraction of sp³-hybridized carbons (Fsp3) is 0.375. The van der Waals surface area contributed by atoms with Gasteiger partial charge < -0.3 is 10.6 Å². The van der Waals surface area contributed by atoms with E-state index in [2.05, 4.69) is 21.8 Å². The minimum atomic E-state index is -0.270. The summed E-state index contributed by atoms with van der Waals surface area (Å²) < 4.78 is 13.3. The quantitative estimate of drug-likeness (QED) is 0.614. The van der Waals surface area contributed by atoms with E-state index in [1.54, 1.807) is 30.7 Å². The van der Waals surface area contributed by atoms with E-state index in [-0.39, 0.29) is 23.6 Å². The van der Waals surface area contributed by atoms with Crippen LogP contribution in [-0.2, 0) is 17.6 Å². The van der Waals surface area contributed by atoms with Crippen LogP contribution in [0.15, 0.2) is 48.9 Å². The van der Waals surface area contributed by atoms with Gasteiger partial charge in [-0.2, -0.15) is 0 Å². The van der Waals surface area contributed by atoms with Gasteiger partial charge in [-0.1, -0.05) is 19.1 Å². The van der Waals surface area contributed by atoms with Gasteiger partial charge in [0.1, 0.15) is 17.5 Å². The largest absolute Gasteiger partial charge is 0.369 e. The molecular weight excluding hydrogens is 407 g/mol. The summed E-state index contributed by atoms with van der Waals surface area (Å²) in [7, 11) is 0. The van der Waals surface area contributed by atoms with Crippen LogP contribution in [-0.4, -0.2) is 38.9 Å². The van der Waals surface area contributed by atoms with Crippen molar-refractivity contribution in [3.05, 3.63) is 77.5 Å². The van der Waals surface area contributed by atoms with E-state index in [1.165, 1.54) is 12.1 Å². The minimum absolute atomic E-state index is 0.120. The number of carbonyl (C=O) groups excluding carboxylic acids is 1. The summed E-state index contributed by atoms with van der Waals surface area (Å²) in [6.07, 6.45) is 7.87. The summed E-state index contributed by atoms with van der Waals surface area (Å²) in [6.45, 7) is 3.46. The summed E-state index contributed by atoms with van der Waals surface area (Å²) in [5.41, 5.74) is 8.27. The highest BCUT2D eigenvalue weighted by Gasteiger charge is 2.25. The molecule has 2 N–H and O–H groups in total. The molecule has 1 aliphatic heterocycles. The molecule has 0 aliphatic carbocycles. The summed E-state index contributed by atoms with van der Waals surface area (Å²) in [6, 6.07) is 8.50. The number of piperidine rings is 1. The molecule has 0 spiro atoms. The first-order valence-electron chi connectivity index (χ1n) is 10.9. The minimum Gasteiger partial charge on any atom is -0.369 e. The van der Waals surface area contributed by atoms with Crippen molar-refractivity contribution in [2.24, 2.45) is 11.7 Å². The molecule has 0 saturated carbocycles. The van der Waals surface area contributed by atoms with Crippen LogP contribution in [0.3, 0.4) is 0 Å². The van der Waals surface area contributed by atoms with Gasteiger partial charge in [-0.15, -0.1) is 0 Å². The standard InChI is InChI=1S/C24H27FN6O/c1-16(17-4-6-19(25)7-5-17)11-22-29-20(12-21-14-27-8-9-28-21)13-23(30-22)31-10-2-3-18(15-31)24(26)32/h4-9,13-14,16,18H,2-3,10-12,15H2,1H3,(H2,26,32)/t16-,18?/m1/s1. The summed E-state index contributed by atoms with van der Waals surface area (Å²) >= 11 is 0. The number of benzene rings is 1. The third-order valence-corrected chi connectivity index (χ3v) is 5.87. The van der Waals surface area contributed by atoms with Crippen molar-refractivity contribution in [1.82, 2.24) is 19.9 Å². The molecule has 1 aromatic carbocycles. The molecular formula is C24H27FN6O. The van der Waals surface area contributed by atoms with E-state index in [9.17, 15) is 9.18 Å². The Labute approximate surface area is 186 Å². The molecule has 32 heavy (non-hydrogen) atoms. The lowest BCUT2D eigenvalue weighted by Gasteiger charge is -2.32. The Hall–Kier alpha value is -3.42. The SMILES string of the molecule is C[C@H](Cc1nc(Cc2cnccn2)cc(N2CCCC(C(N)=O)C2)n1)c1ccc(F)cc1. The first-order chi connectivity index (χ1) is 15.5. The molecule has 8 heteroatoms.